The maximum absolute atomic E-state index is 5.93. The minimum absolute atomic E-state index is 0.646. The summed E-state index contributed by atoms with van der Waals surface area (Å²) < 4.78 is 8.03. The molecule has 0 fully saturated rings. The van der Waals surface area contributed by atoms with Gasteiger partial charge in [0.15, 0.2) is 5.75 Å². The average molecular weight is 310 g/mol. The van der Waals surface area contributed by atoms with Gasteiger partial charge in [-0.15, -0.1) is 0 Å². The molecule has 0 amide bonds. The standard InChI is InChI=1S/C18H22N4O/c1-2-22-13-21-17-16(14-8-4-3-5-9-14)20-12-15(18(17)22)23-11-7-6-10-19/h3-5,8-9,12-13H,2,6-7,10-11,19H2,1H3. The average Bonchev–Trinajstić information content (AvgIpc) is 3.04. The lowest BCUT2D eigenvalue weighted by atomic mass is 10.1. The molecule has 5 nitrogen and oxygen atoms in total. The Morgan fingerprint density at radius 1 is 1.13 bits per heavy atom. The Hall–Kier alpha value is -2.40. The molecule has 0 radical (unpaired) electrons. The van der Waals surface area contributed by atoms with Gasteiger partial charge in [0, 0.05) is 12.1 Å². The minimum Gasteiger partial charge on any atom is -0.490 e. The zero-order valence-corrected chi connectivity index (χ0v) is 13.4. The first-order chi connectivity index (χ1) is 11.3. The number of imidazole rings is 1. The van der Waals surface area contributed by atoms with Crippen molar-refractivity contribution in [1.82, 2.24) is 14.5 Å². The number of hydrogen-bond donors (Lipinski definition) is 1. The highest BCUT2D eigenvalue weighted by molar-refractivity contribution is 5.93. The molecule has 3 aromatic rings. The van der Waals surface area contributed by atoms with E-state index in [1.807, 2.05) is 24.5 Å². The number of fused-ring (bicyclic) bond motifs is 1. The van der Waals surface area contributed by atoms with Gasteiger partial charge >= 0.3 is 0 Å². The second-order valence-corrected chi connectivity index (χ2v) is 5.41. The predicted octanol–water partition coefficient (Wildman–Crippen LogP) is 3.24. The molecule has 0 saturated carbocycles. The summed E-state index contributed by atoms with van der Waals surface area (Å²) in [6, 6.07) is 10.1. The summed E-state index contributed by atoms with van der Waals surface area (Å²) in [5.41, 5.74) is 9.38. The highest BCUT2D eigenvalue weighted by Crippen LogP contribution is 2.31. The molecule has 0 aliphatic carbocycles. The van der Waals surface area contributed by atoms with E-state index >= 15 is 0 Å². The van der Waals surface area contributed by atoms with Crippen molar-refractivity contribution < 1.29 is 4.74 Å². The van der Waals surface area contributed by atoms with Crippen molar-refractivity contribution in [3.63, 3.8) is 0 Å². The van der Waals surface area contributed by atoms with E-state index < -0.39 is 0 Å². The SMILES string of the molecule is CCn1cnc2c(-c3ccccc3)ncc(OCCCCN)c21. The largest absolute Gasteiger partial charge is 0.490 e. The van der Waals surface area contributed by atoms with E-state index in [9.17, 15) is 0 Å². The lowest BCUT2D eigenvalue weighted by Gasteiger charge is -2.11. The van der Waals surface area contributed by atoms with Gasteiger partial charge in [-0.2, -0.15) is 0 Å². The van der Waals surface area contributed by atoms with Crippen LogP contribution in [-0.2, 0) is 6.54 Å². The number of benzene rings is 1. The third kappa shape index (κ3) is 3.19. The highest BCUT2D eigenvalue weighted by atomic mass is 16.5. The van der Waals surface area contributed by atoms with Gasteiger partial charge in [-0.05, 0) is 26.3 Å². The van der Waals surface area contributed by atoms with E-state index in [2.05, 4.69) is 33.6 Å². The molecule has 0 aliphatic rings. The minimum atomic E-state index is 0.646. The fourth-order valence-electron chi connectivity index (χ4n) is 2.64. The van der Waals surface area contributed by atoms with E-state index in [-0.39, 0.29) is 0 Å². The van der Waals surface area contributed by atoms with E-state index in [4.69, 9.17) is 10.5 Å². The van der Waals surface area contributed by atoms with Gasteiger partial charge in [-0.25, -0.2) is 9.97 Å². The predicted molar refractivity (Wildman–Crippen MR) is 92.4 cm³/mol. The van der Waals surface area contributed by atoms with Gasteiger partial charge in [-0.3, -0.25) is 0 Å². The molecule has 2 N–H and O–H groups in total. The summed E-state index contributed by atoms with van der Waals surface area (Å²) in [5.74, 6) is 0.788. The Morgan fingerprint density at radius 2 is 1.96 bits per heavy atom. The number of aryl methyl sites for hydroxylation is 1. The first kappa shape index (κ1) is 15.5. The maximum atomic E-state index is 5.93. The lowest BCUT2D eigenvalue weighted by Crippen LogP contribution is -2.05. The van der Waals surface area contributed by atoms with Crippen LogP contribution in [-0.4, -0.2) is 27.7 Å². The fraction of sp³-hybridized carbons (Fsp3) is 0.333. The van der Waals surface area contributed by atoms with E-state index in [0.717, 1.165) is 47.4 Å². The number of pyridine rings is 1. The van der Waals surface area contributed by atoms with Crippen molar-refractivity contribution >= 4 is 11.0 Å². The Labute approximate surface area is 136 Å². The number of unbranched alkanes of at least 4 members (excludes halogenated alkanes) is 1. The summed E-state index contributed by atoms with van der Waals surface area (Å²) in [4.78, 5) is 9.17. The van der Waals surface area contributed by atoms with E-state index in [1.165, 1.54) is 0 Å². The van der Waals surface area contributed by atoms with E-state index in [1.54, 1.807) is 6.20 Å². The van der Waals surface area contributed by atoms with Crippen LogP contribution in [0.2, 0.25) is 0 Å². The first-order valence-corrected chi connectivity index (χ1v) is 8.07. The van der Waals surface area contributed by atoms with Crippen LogP contribution >= 0.6 is 0 Å². The molecule has 0 unspecified atom stereocenters. The van der Waals surface area contributed by atoms with Crippen molar-refractivity contribution in [2.45, 2.75) is 26.3 Å². The topological polar surface area (TPSA) is 66.0 Å². The molecule has 0 saturated heterocycles. The molecule has 23 heavy (non-hydrogen) atoms. The molecule has 2 aromatic heterocycles. The van der Waals surface area contributed by atoms with Crippen molar-refractivity contribution in [3.8, 4) is 17.0 Å². The van der Waals surface area contributed by atoms with Gasteiger partial charge in [0.2, 0.25) is 0 Å². The fourth-order valence-corrected chi connectivity index (χ4v) is 2.64. The third-order valence-electron chi connectivity index (χ3n) is 3.85. The Balaban J connectivity index is 2.01. The second-order valence-electron chi connectivity index (χ2n) is 5.41. The van der Waals surface area contributed by atoms with Crippen LogP contribution in [0, 0.1) is 0 Å². The molecule has 0 spiro atoms. The smallest absolute Gasteiger partial charge is 0.163 e. The number of hydrogen-bond acceptors (Lipinski definition) is 4. The lowest BCUT2D eigenvalue weighted by molar-refractivity contribution is 0.309. The third-order valence-corrected chi connectivity index (χ3v) is 3.85. The Bertz CT molecular complexity index is 767. The molecule has 2 heterocycles. The summed E-state index contributed by atoms with van der Waals surface area (Å²) in [6.45, 7) is 4.28. The van der Waals surface area contributed by atoms with Crippen LogP contribution in [0.15, 0.2) is 42.9 Å². The van der Waals surface area contributed by atoms with Crippen molar-refractivity contribution in [1.29, 1.82) is 0 Å². The Morgan fingerprint density at radius 3 is 2.70 bits per heavy atom. The van der Waals surface area contributed by atoms with Crippen molar-refractivity contribution in [2.75, 3.05) is 13.2 Å². The van der Waals surface area contributed by atoms with Crippen LogP contribution < -0.4 is 10.5 Å². The van der Waals surface area contributed by atoms with Crippen molar-refractivity contribution in [3.05, 3.63) is 42.9 Å². The summed E-state index contributed by atoms with van der Waals surface area (Å²) in [7, 11) is 0. The molecular formula is C18H22N4O. The molecule has 1 aromatic carbocycles. The van der Waals surface area contributed by atoms with E-state index in [0.29, 0.717) is 13.2 Å². The first-order valence-electron chi connectivity index (χ1n) is 8.07. The van der Waals surface area contributed by atoms with Gasteiger partial charge in [0.05, 0.1) is 24.8 Å². The van der Waals surface area contributed by atoms with Crippen LogP contribution in [0.1, 0.15) is 19.8 Å². The number of nitrogens with zero attached hydrogens (tertiary/aromatic N) is 3. The summed E-state index contributed by atoms with van der Waals surface area (Å²) >= 11 is 0. The number of ether oxygens (including phenoxy) is 1. The summed E-state index contributed by atoms with van der Waals surface area (Å²) in [6.07, 6.45) is 5.57. The van der Waals surface area contributed by atoms with Crippen LogP contribution in [0.3, 0.4) is 0 Å². The molecule has 120 valence electrons. The Kier molecular flexibility index (Phi) is 4.88. The highest BCUT2D eigenvalue weighted by Gasteiger charge is 2.15. The van der Waals surface area contributed by atoms with Gasteiger partial charge in [0.1, 0.15) is 11.0 Å². The molecular weight excluding hydrogens is 288 g/mol. The molecule has 5 heteroatoms. The monoisotopic (exact) mass is 310 g/mol. The molecule has 0 atom stereocenters. The zero-order valence-electron chi connectivity index (χ0n) is 13.4. The quantitative estimate of drug-likeness (QED) is 0.680. The second kappa shape index (κ2) is 7.24. The van der Waals surface area contributed by atoms with Gasteiger partial charge in [0.25, 0.3) is 0 Å². The molecule has 0 aliphatic heterocycles. The zero-order chi connectivity index (χ0) is 16.1. The summed E-state index contributed by atoms with van der Waals surface area (Å²) in [5, 5.41) is 0. The number of aromatic nitrogens is 3. The van der Waals surface area contributed by atoms with Crippen LogP contribution in [0.25, 0.3) is 22.3 Å². The number of rotatable bonds is 7. The van der Waals surface area contributed by atoms with Crippen molar-refractivity contribution in [2.24, 2.45) is 5.73 Å². The normalized spacial score (nSPS) is 11.0. The maximum Gasteiger partial charge on any atom is 0.163 e. The molecule has 0 bridgehead atoms. The molecule has 3 rings (SSSR count). The van der Waals surface area contributed by atoms with Gasteiger partial charge in [-0.1, -0.05) is 30.3 Å². The van der Waals surface area contributed by atoms with Crippen LogP contribution in [0.4, 0.5) is 0 Å². The van der Waals surface area contributed by atoms with Crippen LogP contribution in [0.5, 0.6) is 5.75 Å². The van der Waals surface area contributed by atoms with Gasteiger partial charge < -0.3 is 15.0 Å². The number of nitrogens with two attached hydrogens (primary N) is 1.